The van der Waals surface area contributed by atoms with Crippen LogP contribution in [0.4, 0.5) is 15.9 Å². The Kier molecular flexibility index (Phi) is 8.27. The molecule has 0 radical (unpaired) electrons. The number of likely N-dealkylation sites (tertiary alicyclic amines) is 1. The van der Waals surface area contributed by atoms with Crippen molar-refractivity contribution in [3.8, 4) is 17.2 Å². The molecule has 2 heterocycles. The molecule has 0 saturated carbocycles. The summed E-state index contributed by atoms with van der Waals surface area (Å²) in [6.07, 6.45) is 4.35. The second kappa shape index (κ2) is 11.6. The number of phenolic OH excluding ortho intramolecular Hbond substituents is 1. The number of nitrogens with one attached hydrogen (secondary N) is 1. The van der Waals surface area contributed by atoms with E-state index in [0.717, 1.165) is 32.0 Å². The molecule has 0 bridgehead atoms. The number of halogens is 2. The molecule has 1 unspecified atom stereocenters. The van der Waals surface area contributed by atoms with Gasteiger partial charge in [0.05, 0.1) is 23.3 Å². The van der Waals surface area contributed by atoms with E-state index >= 15 is 0 Å². The van der Waals surface area contributed by atoms with Crippen LogP contribution >= 0.6 is 11.6 Å². The predicted molar refractivity (Wildman–Crippen MR) is 134 cm³/mol. The SMILES string of the molecule is COc1cc2c(Nc3cc(O)c(Cl)cc3F)ncnc2cc1OCC(CN1CCCCC1)OC(C)=O. The summed E-state index contributed by atoms with van der Waals surface area (Å²) in [7, 11) is 1.50. The molecule has 4 rings (SSSR count). The molecule has 1 aliphatic heterocycles. The van der Waals surface area contributed by atoms with E-state index in [0.29, 0.717) is 34.8 Å². The molecule has 11 heteroatoms. The molecule has 0 spiro atoms. The Balaban J connectivity index is 1.56. The normalized spacial score (nSPS) is 14.9. The van der Waals surface area contributed by atoms with Crippen LogP contribution in [0.5, 0.6) is 17.2 Å². The first-order valence-electron chi connectivity index (χ1n) is 11.6. The number of aromatic nitrogens is 2. The van der Waals surface area contributed by atoms with Gasteiger partial charge in [0.2, 0.25) is 0 Å². The minimum atomic E-state index is -0.651. The topological polar surface area (TPSA) is 106 Å². The lowest BCUT2D eigenvalue weighted by molar-refractivity contribution is -0.149. The first kappa shape index (κ1) is 25.7. The summed E-state index contributed by atoms with van der Waals surface area (Å²) >= 11 is 5.77. The predicted octanol–water partition coefficient (Wildman–Crippen LogP) is 4.68. The van der Waals surface area contributed by atoms with Crippen LogP contribution in [-0.2, 0) is 9.53 Å². The van der Waals surface area contributed by atoms with E-state index in [-0.39, 0.29) is 29.0 Å². The van der Waals surface area contributed by atoms with Crippen molar-refractivity contribution in [2.75, 3.05) is 38.7 Å². The number of hydrogen-bond donors (Lipinski definition) is 2. The van der Waals surface area contributed by atoms with Gasteiger partial charge in [-0.2, -0.15) is 0 Å². The second-order valence-electron chi connectivity index (χ2n) is 8.55. The molecule has 1 saturated heterocycles. The number of carbonyl (C=O) groups excluding carboxylic acids is 1. The number of esters is 1. The first-order valence-corrected chi connectivity index (χ1v) is 12.0. The highest BCUT2D eigenvalue weighted by molar-refractivity contribution is 6.32. The third kappa shape index (κ3) is 6.24. The van der Waals surface area contributed by atoms with Crippen LogP contribution in [-0.4, -0.2) is 65.4 Å². The number of anilines is 2. The Morgan fingerprint density at radius 1 is 1.19 bits per heavy atom. The zero-order chi connectivity index (χ0) is 25.7. The summed E-state index contributed by atoms with van der Waals surface area (Å²) in [6, 6.07) is 5.55. The number of benzene rings is 2. The maximum Gasteiger partial charge on any atom is 0.303 e. The Labute approximate surface area is 213 Å². The summed E-state index contributed by atoms with van der Waals surface area (Å²) in [5, 5.41) is 13.2. The van der Waals surface area contributed by atoms with Crippen molar-refractivity contribution in [1.82, 2.24) is 14.9 Å². The molecule has 0 aliphatic carbocycles. The quantitative estimate of drug-likeness (QED) is 0.390. The molecule has 192 valence electrons. The van der Waals surface area contributed by atoms with Crippen molar-refractivity contribution in [3.05, 3.63) is 41.4 Å². The van der Waals surface area contributed by atoms with Gasteiger partial charge in [-0.15, -0.1) is 0 Å². The summed E-state index contributed by atoms with van der Waals surface area (Å²) < 4.78 is 31.4. The van der Waals surface area contributed by atoms with Crippen LogP contribution < -0.4 is 14.8 Å². The van der Waals surface area contributed by atoms with E-state index in [1.807, 2.05) is 0 Å². The van der Waals surface area contributed by atoms with Gasteiger partial charge >= 0.3 is 5.97 Å². The fourth-order valence-corrected chi connectivity index (χ4v) is 4.32. The molecule has 1 atom stereocenters. The lowest BCUT2D eigenvalue weighted by Crippen LogP contribution is -2.40. The minimum absolute atomic E-state index is 0.00173. The van der Waals surface area contributed by atoms with Gasteiger partial charge in [-0.05, 0) is 38.1 Å². The Morgan fingerprint density at radius 3 is 2.69 bits per heavy atom. The van der Waals surface area contributed by atoms with E-state index in [2.05, 4.69) is 20.2 Å². The fraction of sp³-hybridized carbons (Fsp3) is 0.400. The zero-order valence-electron chi connectivity index (χ0n) is 20.1. The number of aromatic hydroxyl groups is 1. The first-order chi connectivity index (χ1) is 17.3. The number of methoxy groups -OCH3 is 1. The maximum atomic E-state index is 14.4. The average Bonchev–Trinajstić information content (AvgIpc) is 2.85. The number of rotatable bonds is 9. The van der Waals surface area contributed by atoms with Gasteiger partial charge in [-0.1, -0.05) is 18.0 Å². The highest BCUT2D eigenvalue weighted by Gasteiger charge is 2.21. The van der Waals surface area contributed by atoms with Gasteiger partial charge in [0, 0.05) is 31.0 Å². The standard InChI is InChI=1S/C25H28ClFN4O5/c1-15(32)36-16(12-31-6-4-3-5-7-31)13-35-24-11-20-17(8-23(24)34-2)25(29-14-28-20)30-21-10-22(33)18(26)9-19(21)27/h8-11,14,16,33H,3-7,12-13H2,1-2H3,(H,28,29,30). The summed E-state index contributed by atoms with van der Waals surface area (Å²) in [5.74, 6) is -0.163. The lowest BCUT2D eigenvalue weighted by atomic mass is 10.1. The van der Waals surface area contributed by atoms with Crippen molar-refractivity contribution in [3.63, 3.8) is 0 Å². The highest BCUT2D eigenvalue weighted by Crippen LogP contribution is 2.36. The molecule has 9 nitrogen and oxygen atoms in total. The Bertz CT molecular complexity index is 1240. The van der Waals surface area contributed by atoms with Gasteiger partial charge in [0.25, 0.3) is 0 Å². The average molecular weight is 519 g/mol. The van der Waals surface area contributed by atoms with Crippen LogP contribution in [0, 0.1) is 5.82 Å². The lowest BCUT2D eigenvalue weighted by Gasteiger charge is -2.30. The van der Waals surface area contributed by atoms with Crippen molar-refractivity contribution < 1.29 is 28.5 Å². The number of carbonyl (C=O) groups is 1. The third-order valence-electron chi connectivity index (χ3n) is 5.88. The van der Waals surface area contributed by atoms with Gasteiger partial charge < -0.3 is 24.6 Å². The monoisotopic (exact) mass is 518 g/mol. The fourth-order valence-electron chi connectivity index (χ4n) is 4.17. The minimum Gasteiger partial charge on any atom is -0.506 e. The van der Waals surface area contributed by atoms with Crippen LogP contribution in [0.1, 0.15) is 26.2 Å². The summed E-state index contributed by atoms with van der Waals surface area (Å²) in [5.41, 5.74) is 0.514. The molecule has 3 aromatic rings. The maximum absolute atomic E-state index is 14.4. The van der Waals surface area contributed by atoms with Crippen LogP contribution in [0.25, 0.3) is 10.9 Å². The van der Waals surface area contributed by atoms with E-state index in [1.54, 1.807) is 12.1 Å². The Morgan fingerprint density at radius 2 is 1.97 bits per heavy atom. The zero-order valence-corrected chi connectivity index (χ0v) is 20.8. The van der Waals surface area contributed by atoms with Crippen LogP contribution in [0.3, 0.4) is 0 Å². The molecule has 1 aromatic heterocycles. The molecule has 2 aromatic carbocycles. The summed E-state index contributed by atoms with van der Waals surface area (Å²) in [6.45, 7) is 4.05. The highest BCUT2D eigenvalue weighted by atomic mass is 35.5. The number of ether oxygens (including phenoxy) is 3. The largest absolute Gasteiger partial charge is 0.506 e. The van der Waals surface area contributed by atoms with Crippen LogP contribution in [0.15, 0.2) is 30.6 Å². The third-order valence-corrected chi connectivity index (χ3v) is 6.18. The molecular formula is C25H28ClFN4O5. The Hall–Kier alpha value is -3.37. The van der Waals surface area contributed by atoms with Gasteiger partial charge in [-0.3, -0.25) is 9.69 Å². The number of piperidine rings is 1. The van der Waals surface area contributed by atoms with Gasteiger partial charge in [-0.25, -0.2) is 14.4 Å². The second-order valence-corrected chi connectivity index (χ2v) is 8.96. The molecular weight excluding hydrogens is 491 g/mol. The smallest absolute Gasteiger partial charge is 0.303 e. The molecule has 1 fully saturated rings. The van der Waals surface area contributed by atoms with Crippen LogP contribution in [0.2, 0.25) is 5.02 Å². The number of nitrogens with zero attached hydrogens (tertiary/aromatic N) is 3. The van der Waals surface area contributed by atoms with E-state index in [4.69, 9.17) is 25.8 Å². The number of phenols is 1. The van der Waals surface area contributed by atoms with E-state index in [1.165, 1.54) is 32.8 Å². The van der Waals surface area contributed by atoms with E-state index < -0.39 is 11.9 Å². The number of hydrogen-bond acceptors (Lipinski definition) is 9. The van der Waals surface area contributed by atoms with Gasteiger partial charge in [0.15, 0.2) is 11.5 Å². The van der Waals surface area contributed by atoms with Gasteiger partial charge in [0.1, 0.15) is 36.4 Å². The van der Waals surface area contributed by atoms with Crippen molar-refractivity contribution in [2.45, 2.75) is 32.3 Å². The molecule has 1 aliphatic rings. The number of fused-ring (bicyclic) bond motifs is 1. The van der Waals surface area contributed by atoms with Crippen molar-refractivity contribution in [1.29, 1.82) is 0 Å². The van der Waals surface area contributed by atoms with Crippen molar-refractivity contribution in [2.24, 2.45) is 0 Å². The molecule has 36 heavy (non-hydrogen) atoms. The molecule has 2 N–H and O–H groups in total. The van der Waals surface area contributed by atoms with E-state index in [9.17, 15) is 14.3 Å². The summed E-state index contributed by atoms with van der Waals surface area (Å²) in [4.78, 5) is 22.4. The molecule has 0 amide bonds. The van der Waals surface area contributed by atoms with Crippen molar-refractivity contribution >= 4 is 40.0 Å².